The molecule has 1 aliphatic rings. The van der Waals surface area contributed by atoms with Crippen molar-refractivity contribution in [2.75, 3.05) is 19.8 Å². The van der Waals surface area contributed by atoms with Gasteiger partial charge in [-0.05, 0) is 42.2 Å². The molecule has 1 N–H and O–H groups in total. The van der Waals surface area contributed by atoms with Crippen LogP contribution >= 0.6 is 11.8 Å². The van der Waals surface area contributed by atoms with Gasteiger partial charge < -0.3 is 0 Å². The van der Waals surface area contributed by atoms with Crippen LogP contribution in [0.1, 0.15) is 24.0 Å². The van der Waals surface area contributed by atoms with E-state index in [4.69, 9.17) is 0 Å². The normalized spacial score (nSPS) is 14.4. The van der Waals surface area contributed by atoms with Gasteiger partial charge in [0.05, 0.1) is 0 Å². The summed E-state index contributed by atoms with van der Waals surface area (Å²) in [5.41, 5.74) is 5.49. The van der Waals surface area contributed by atoms with E-state index in [9.17, 15) is 4.79 Å². The van der Waals surface area contributed by atoms with Gasteiger partial charge in [-0.1, -0.05) is 12.1 Å². The molecule has 4 heteroatoms. The number of hydrogen-bond donors (Lipinski definition) is 1. The molecule has 1 aromatic carbocycles. The molecule has 1 heterocycles. The van der Waals surface area contributed by atoms with Crippen LogP contribution < -0.4 is 5.43 Å². The van der Waals surface area contributed by atoms with E-state index in [1.54, 1.807) is 5.01 Å². The van der Waals surface area contributed by atoms with Crippen LogP contribution in [0.3, 0.4) is 0 Å². The molecule has 0 bridgehead atoms. The predicted octanol–water partition coefficient (Wildman–Crippen LogP) is 2.25. The van der Waals surface area contributed by atoms with Crippen molar-refractivity contribution < 1.29 is 4.79 Å². The number of rotatable bonds is 4. The summed E-state index contributed by atoms with van der Waals surface area (Å²) in [5.74, 6) is 1.31. The van der Waals surface area contributed by atoms with E-state index < -0.39 is 0 Å². The van der Waals surface area contributed by atoms with Gasteiger partial charge in [-0.2, -0.15) is 0 Å². The van der Waals surface area contributed by atoms with Crippen LogP contribution in [0.5, 0.6) is 0 Å². The van der Waals surface area contributed by atoms with Gasteiger partial charge in [0.25, 0.3) is 0 Å². The minimum atomic E-state index is 0.0760. The smallest absolute Gasteiger partial charge is 0.234 e. The van der Waals surface area contributed by atoms with Crippen molar-refractivity contribution in [2.24, 2.45) is 0 Å². The standard InChI is InChI=1S/C14H20N2OS/c1-16(2)15-14(17)8-6-11-5-7-13-12(10-11)4-3-9-18-13/h5,7,10H,3-4,6,8-9H2,1-2H3,(H,15,17). The topological polar surface area (TPSA) is 32.3 Å². The van der Waals surface area contributed by atoms with Crippen LogP contribution in [0.25, 0.3) is 0 Å². The fourth-order valence-corrected chi connectivity index (χ4v) is 3.15. The van der Waals surface area contributed by atoms with Crippen LogP contribution in [0.2, 0.25) is 0 Å². The summed E-state index contributed by atoms with van der Waals surface area (Å²) in [6, 6.07) is 6.63. The summed E-state index contributed by atoms with van der Waals surface area (Å²) in [7, 11) is 3.65. The zero-order chi connectivity index (χ0) is 13.0. The quantitative estimate of drug-likeness (QED) is 0.847. The second-order valence-electron chi connectivity index (χ2n) is 4.82. The molecule has 0 radical (unpaired) electrons. The van der Waals surface area contributed by atoms with E-state index >= 15 is 0 Å². The van der Waals surface area contributed by atoms with Crippen molar-refractivity contribution in [1.29, 1.82) is 0 Å². The lowest BCUT2D eigenvalue weighted by Gasteiger charge is -2.16. The predicted molar refractivity (Wildman–Crippen MR) is 75.6 cm³/mol. The molecule has 0 fully saturated rings. The molecule has 1 amide bonds. The summed E-state index contributed by atoms with van der Waals surface area (Å²) >= 11 is 1.94. The first kappa shape index (κ1) is 13.4. The Kier molecular flexibility index (Phi) is 4.66. The molecule has 98 valence electrons. The molecule has 1 aromatic rings. The molecular formula is C14H20N2OS. The first-order chi connectivity index (χ1) is 8.65. The Morgan fingerprint density at radius 3 is 3.06 bits per heavy atom. The molecule has 0 saturated carbocycles. The highest BCUT2D eigenvalue weighted by Gasteiger charge is 2.10. The molecule has 0 aliphatic carbocycles. The maximum absolute atomic E-state index is 11.6. The third-order valence-corrected chi connectivity index (χ3v) is 4.16. The second-order valence-corrected chi connectivity index (χ2v) is 5.96. The maximum atomic E-state index is 11.6. The van der Waals surface area contributed by atoms with Gasteiger partial charge in [0, 0.05) is 25.4 Å². The summed E-state index contributed by atoms with van der Waals surface area (Å²) in [6.45, 7) is 0. The Hall–Kier alpha value is -1.00. The lowest BCUT2D eigenvalue weighted by molar-refractivity contribution is -0.124. The first-order valence-electron chi connectivity index (χ1n) is 6.36. The lowest BCUT2D eigenvalue weighted by Crippen LogP contribution is -2.36. The molecule has 1 aliphatic heterocycles. The van der Waals surface area contributed by atoms with E-state index in [1.807, 2.05) is 25.9 Å². The Bertz CT molecular complexity index is 432. The number of hydrogen-bond acceptors (Lipinski definition) is 3. The SMILES string of the molecule is CN(C)NC(=O)CCc1ccc2c(c1)CCCS2. The van der Waals surface area contributed by atoms with Crippen molar-refractivity contribution in [3.63, 3.8) is 0 Å². The molecule has 3 nitrogen and oxygen atoms in total. The molecule has 0 atom stereocenters. The van der Waals surface area contributed by atoms with Crippen LogP contribution in [-0.2, 0) is 17.6 Å². The second kappa shape index (κ2) is 6.25. The molecular weight excluding hydrogens is 244 g/mol. The van der Waals surface area contributed by atoms with Gasteiger partial charge >= 0.3 is 0 Å². The van der Waals surface area contributed by atoms with Gasteiger partial charge in [-0.15, -0.1) is 11.8 Å². The van der Waals surface area contributed by atoms with Gasteiger partial charge in [0.2, 0.25) is 5.91 Å². The van der Waals surface area contributed by atoms with E-state index in [0.29, 0.717) is 6.42 Å². The van der Waals surface area contributed by atoms with Crippen LogP contribution in [0.4, 0.5) is 0 Å². The third-order valence-electron chi connectivity index (χ3n) is 2.96. The van der Waals surface area contributed by atoms with Gasteiger partial charge in [-0.3, -0.25) is 10.2 Å². The summed E-state index contributed by atoms with van der Waals surface area (Å²) in [5, 5.41) is 1.69. The monoisotopic (exact) mass is 264 g/mol. The summed E-state index contributed by atoms with van der Waals surface area (Å²) < 4.78 is 0. The Balaban J connectivity index is 1.92. The molecule has 0 spiro atoms. The van der Waals surface area contributed by atoms with Crippen LogP contribution in [0, 0.1) is 0 Å². The van der Waals surface area contributed by atoms with E-state index in [0.717, 1.165) is 6.42 Å². The minimum Gasteiger partial charge on any atom is -0.289 e. The fourth-order valence-electron chi connectivity index (χ4n) is 2.13. The largest absolute Gasteiger partial charge is 0.289 e. The Labute approximate surface area is 113 Å². The Morgan fingerprint density at radius 2 is 2.28 bits per heavy atom. The molecule has 2 rings (SSSR count). The summed E-state index contributed by atoms with van der Waals surface area (Å²) in [6.07, 6.45) is 3.81. The molecule has 0 saturated heterocycles. The number of carbonyl (C=O) groups excluding carboxylic acids is 1. The Morgan fingerprint density at radius 1 is 1.44 bits per heavy atom. The van der Waals surface area contributed by atoms with Crippen molar-refractivity contribution in [3.8, 4) is 0 Å². The van der Waals surface area contributed by atoms with E-state index in [2.05, 4.69) is 23.6 Å². The highest BCUT2D eigenvalue weighted by molar-refractivity contribution is 7.99. The number of nitrogens with one attached hydrogen (secondary N) is 1. The number of amides is 1. The van der Waals surface area contributed by atoms with Gasteiger partial charge in [0.1, 0.15) is 0 Å². The fraction of sp³-hybridized carbons (Fsp3) is 0.500. The first-order valence-corrected chi connectivity index (χ1v) is 7.35. The van der Waals surface area contributed by atoms with Crippen LogP contribution in [0.15, 0.2) is 23.1 Å². The number of aryl methyl sites for hydroxylation is 2. The van der Waals surface area contributed by atoms with E-state index in [1.165, 1.54) is 34.6 Å². The molecule has 0 unspecified atom stereocenters. The van der Waals surface area contributed by atoms with Crippen molar-refractivity contribution in [2.45, 2.75) is 30.6 Å². The molecule has 18 heavy (non-hydrogen) atoms. The number of fused-ring (bicyclic) bond motifs is 1. The minimum absolute atomic E-state index is 0.0760. The highest BCUT2D eigenvalue weighted by Crippen LogP contribution is 2.30. The van der Waals surface area contributed by atoms with Gasteiger partial charge in [-0.25, -0.2) is 5.01 Å². The van der Waals surface area contributed by atoms with Crippen molar-refractivity contribution >= 4 is 17.7 Å². The van der Waals surface area contributed by atoms with Crippen molar-refractivity contribution in [3.05, 3.63) is 29.3 Å². The number of hydrazine groups is 1. The van der Waals surface area contributed by atoms with E-state index in [-0.39, 0.29) is 5.91 Å². The third kappa shape index (κ3) is 3.75. The maximum Gasteiger partial charge on any atom is 0.234 e. The highest BCUT2D eigenvalue weighted by atomic mass is 32.2. The molecule has 0 aromatic heterocycles. The average molecular weight is 264 g/mol. The number of benzene rings is 1. The zero-order valence-corrected chi connectivity index (χ0v) is 11.8. The van der Waals surface area contributed by atoms with Crippen LogP contribution in [-0.4, -0.2) is 30.8 Å². The number of carbonyl (C=O) groups is 1. The number of thioether (sulfide) groups is 1. The van der Waals surface area contributed by atoms with Crippen molar-refractivity contribution in [1.82, 2.24) is 10.4 Å². The van der Waals surface area contributed by atoms with Gasteiger partial charge in [0.15, 0.2) is 0 Å². The lowest BCUT2D eigenvalue weighted by atomic mass is 10.0. The summed E-state index contributed by atoms with van der Waals surface area (Å²) in [4.78, 5) is 13.0. The number of nitrogens with zero attached hydrogens (tertiary/aromatic N) is 1. The average Bonchev–Trinajstić information content (AvgIpc) is 2.35. The zero-order valence-electron chi connectivity index (χ0n) is 11.0.